The van der Waals surface area contributed by atoms with Gasteiger partial charge in [0.15, 0.2) is 0 Å². The average Bonchev–Trinajstić information content (AvgIpc) is 2.82. The van der Waals surface area contributed by atoms with Crippen molar-refractivity contribution < 1.29 is 29.0 Å². The minimum Gasteiger partial charge on any atom is -0.497 e. The van der Waals surface area contributed by atoms with Gasteiger partial charge in [0, 0.05) is 17.7 Å². The lowest BCUT2D eigenvalue weighted by Crippen LogP contribution is -2.70. The SMILES string of the molecule is COc1ccc(OC)c(CC2=C(C(=O)O)N3C(=O)C(NC(=O)Cc4ccccc4)[C@@H]3SC2)c1. The Bertz CT molecular complexity index is 1120. The van der Waals surface area contributed by atoms with Gasteiger partial charge in [-0.1, -0.05) is 30.3 Å². The number of β-lactam (4-membered cyclic amide) rings is 1. The molecule has 2 aromatic carbocycles. The first kappa shape index (κ1) is 22.7. The lowest BCUT2D eigenvalue weighted by Gasteiger charge is -2.49. The standard InChI is InChI=1S/C24H24N2O6S/c1-31-17-8-9-18(32-2)15(12-17)11-16-13-33-23-20(22(28)26(23)21(16)24(29)30)25-19(27)10-14-6-4-3-5-7-14/h3-9,12,20,23H,10-11,13H2,1-2H3,(H,25,27)(H,29,30)/t20?,23-/m0/s1. The van der Waals surface area contributed by atoms with Crippen molar-refractivity contribution in [3.05, 3.63) is 70.9 Å². The minimum atomic E-state index is -1.17. The fourth-order valence-electron chi connectivity index (χ4n) is 4.07. The zero-order chi connectivity index (χ0) is 23.5. The number of aliphatic carboxylic acids is 1. The van der Waals surface area contributed by atoms with Crippen LogP contribution in [0, 0.1) is 0 Å². The van der Waals surface area contributed by atoms with Gasteiger partial charge in [0.25, 0.3) is 5.91 Å². The van der Waals surface area contributed by atoms with E-state index in [1.807, 2.05) is 30.3 Å². The number of amides is 2. The Morgan fingerprint density at radius 2 is 1.91 bits per heavy atom. The Hall–Kier alpha value is -3.46. The van der Waals surface area contributed by atoms with Crippen molar-refractivity contribution in [2.75, 3.05) is 20.0 Å². The van der Waals surface area contributed by atoms with Crippen molar-refractivity contribution in [1.29, 1.82) is 0 Å². The molecule has 1 unspecified atom stereocenters. The van der Waals surface area contributed by atoms with Gasteiger partial charge in [-0.25, -0.2) is 4.79 Å². The highest BCUT2D eigenvalue weighted by Gasteiger charge is 2.54. The molecule has 2 aromatic rings. The minimum absolute atomic E-state index is 0.0258. The van der Waals surface area contributed by atoms with E-state index in [9.17, 15) is 19.5 Å². The zero-order valence-corrected chi connectivity index (χ0v) is 19.1. The Labute approximate surface area is 195 Å². The molecular weight excluding hydrogens is 444 g/mol. The Morgan fingerprint density at radius 1 is 1.15 bits per heavy atom. The second-order valence-corrected chi connectivity index (χ2v) is 8.83. The van der Waals surface area contributed by atoms with E-state index in [0.29, 0.717) is 29.2 Å². The highest BCUT2D eigenvalue weighted by molar-refractivity contribution is 8.00. The molecule has 4 rings (SSSR count). The van der Waals surface area contributed by atoms with E-state index >= 15 is 0 Å². The number of carboxylic acids is 1. The van der Waals surface area contributed by atoms with Crippen LogP contribution < -0.4 is 14.8 Å². The molecule has 33 heavy (non-hydrogen) atoms. The molecule has 0 aromatic heterocycles. The van der Waals surface area contributed by atoms with Crippen LogP contribution in [0.25, 0.3) is 0 Å². The summed E-state index contributed by atoms with van der Waals surface area (Å²) in [6.45, 7) is 0. The van der Waals surface area contributed by atoms with Crippen LogP contribution in [-0.4, -0.2) is 59.2 Å². The molecular formula is C24H24N2O6S. The number of fused-ring (bicyclic) bond motifs is 1. The number of carbonyl (C=O) groups is 3. The number of ether oxygens (including phenoxy) is 2. The third-order valence-electron chi connectivity index (χ3n) is 5.67. The fourth-order valence-corrected chi connectivity index (χ4v) is 5.42. The molecule has 2 atom stereocenters. The summed E-state index contributed by atoms with van der Waals surface area (Å²) in [5.41, 5.74) is 2.20. The van der Waals surface area contributed by atoms with Crippen molar-refractivity contribution in [2.24, 2.45) is 0 Å². The maximum Gasteiger partial charge on any atom is 0.352 e. The Morgan fingerprint density at radius 3 is 2.58 bits per heavy atom. The molecule has 9 heteroatoms. The smallest absolute Gasteiger partial charge is 0.352 e. The van der Waals surface area contributed by atoms with Gasteiger partial charge in [-0.15, -0.1) is 11.8 Å². The summed E-state index contributed by atoms with van der Waals surface area (Å²) in [6.07, 6.45) is 0.459. The first-order valence-electron chi connectivity index (χ1n) is 10.4. The Balaban J connectivity index is 1.52. The van der Waals surface area contributed by atoms with Crippen LogP contribution in [0.3, 0.4) is 0 Å². The number of benzene rings is 2. The predicted molar refractivity (Wildman–Crippen MR) is 123 cm³/mol. The molecule has 172 valence electrons. The van der Waals surface area contributed by atoms with Crippen LogP contribution in [0.4, 0.5) is 0 Å². The molecule has 0 aliphatic carbocycles. The summed E-state index contributed by atoms with van der Waals surface area (Å²) >= 11 is 1.44. The summed E-state index contributed by atoms with van der Waals surface area (Å²) < 4.78 is 10.7. The first-order chi connectivity index (χ1) is 15.9. The number of nitrogens with one attached hydrogen (secondary N) is 1. The van der Waals surface area contributed by atoms with E-state index in [1.165, 1.54) is 16.7 Å². The largest absolute Gasteiger partial charge is 0.497 e. The predicted octanol–water partition coefficient (Wildman–Crippen LogP) is 2.23. The van der Waals surface area contributed by atoms with E-state index in [1.54, 1.807) is 32.4 Å². The van der Waals surface area contributed by atoms with Crippen molar-refractivity contribution in [3.63, 3.8) is 0 Å². The molecule has 2 amide bonds. The maximum absolute atomic E-state index is 12.9. The number of thioether (sulfide) groups is 1. The van der Waals surface area contributed by atoms with E-state index in [0.717, 1.165) is 11.1 Å². The number of carbonyl (C=O) groups excluding carboxylic acids is 2. The van der Waals surface area contributed by atoms with Crippen LogP contribution in [-0.2, 0) is 27.2 Å². The maximum atomic E-state index is 12.9. The van der Waals surface area contributed by atoms with Crippen LogP contribution in [0.1, 0.15) is 11.1 Å². The van der Waals surface area contributed by atoms with Gasteiger partial charge in [0.1, 0.15) is 28.6 Å². The van der Waals surface area contributed by atoms with E-state index < -0.39 is 23.3 Å². The number of nitrogens with zero attached hydrogens (tertiary/aromatic N) is 1. The number of hydrogen-bond donors (Lipinski definition) is 2. The third-order valence-corrected chi connectivity index (χ3v) is 7.00. The fraction of sp³-hybridized carbons (Fsp3) is 0.292. The third kappa shape index (κ3) is 4.54. The summed E-state index contributed by atoms with van der Waals surface area (Å²) in [5, 5.41) is 12.2. The van der Waals surface area contributed by atoms with E-state index in [-0.39, 0.29) is 18.0 Å². The molecule has 0 radical (unpaired) electrons. The summed E-state index contributed by atoms with van der Waals surface area (Å²) in [6, 6.07) is 13.8. The van der Waals surface area contributed by atoms with Gasteiger partial charge in [0.05, 0.1) is 20.6 Å². The first-order valence-corrected chi connectivity index (χ1v) is 11.4. The molecule has 2 aliphatic heterocycles. The summed E-state index contributed by atoms with van der Waals surface area (Å²) in [7, 11) is 3.10. The van der Waals surface area contributed by atoms with Crippen LogP contribution >= 0.6 is 11.8 Å². The number of hydrogen-bond acceptors (Lipinski definition) is 6. The van der Waals surface area contributed by atoms with Crippen LogP contribution in [0.15, 0.2) is 59.8 Å². The molecule has 0 saturated carbocycles. The lowest BCUT2D eigenvalue weighted by atomic mass is 9.98. The van der Waals surface area contributed by atoms with Gasteiger partial charge in [0.2, 0.25) is 5.91 Å². The van der Waals surface area contributed by atoms with Gasteiger partial charge < -0.3 is 19.9 Å². The van der Waals surface area contributed by atoms with E-state index in [4.69, 9.17) is 9.47 Å². The summed E-state index contributed by atoms with van der Waals surface area (Å²) in [5.74, 6) is -0.193. The van der Waals surface area contributed by atoms with Crippen molar-refractivity contribution in [2.45, 2.75) is 24.3 Å². The topological polar surface area (TPSA) is 105 Å². The lowest BCUT2D eigenvalue weighted by molar-refractivity contribution is -0.150. The number of methoxy groups -OCH3 is 2. The second-order valence-electron chi connectivity index (χ2n) is 7.73. The summed E-state index contributed by atoms with van der Waals surface area (Å²) in [4.78, 5) is 38.7. The molecule has 0 spiro atoms. The van der Waals surface area contributed by atoms with Crippen molar-refractivity contribution in [3.8, 4) is 11.5 Å². The monoisotopic (exact) mass is 468 g/mol. The molecule has 0 bridgehead atoms. The molecule has 1 saturated heterocycles. The highest BCUT2D eigenvalue weighted by Crippen LogP contribution is 2.42. The molecule has 2 N–H and O–H groups in total. The van der Waals surface area contributed by atoms with E-state index in [2.05, 4.69) is 5.32 Å². The van der Waals surface area contributed by atoms with Gasteiger partial charge in [-0.05, 0) is 29.3 Å². The van der Waals surface area contributed by atoms with Gasteiger partial charge in [-0.2, -0.15) is 0 Å². The second kappa shape index (κ2) is 9.58. The van der Waals surface area contributed by atoms with Gasteiger partial charge >= 0.3 is 5.97 Å². The molecule has 2 aliphatic rings. The Kier molecular flexibility index (Phi) is 6.60. The molecule has 2 heterocycles. The number of rotatable bonds is 8. The molecule has 8 nitrogen and oxygen atoms in total. The van der Waals surface area contributed by atoms with Gasteiger partial charge in [-0.3, -0.25) is 14.5 Å². The van der Waals surface area contributed by atoms with Crippen LogP contribution in [0.5, 0.6) is 11.5 Å². The highest BCUT2D eigenvalue weighted by atomic mass is 32.2. The number of carboxylic acid groups (broad SMARTS) is 1. The van der Waals surface area contributed by atoms with Crippen molar-refractivity contribution in [1.82, 2.24) is 10.2 Å². The van der Waals surface area contributed by atoms with Crippen molar-refractivity contribution >= 4 is 29.5 Å². The quantitative estimate of drug-likeness (QED) is 0.573. The zero-order valence-electron chi connectivity index (χ0n) is 18.2. The normalized spacial score (nSPS) is 19.5. The van der Waals surface area contributed by atoms with Crippen LogP contribution in [0.2, 0.25) is 0 Å². The molecule has 1 fully saturated rings. The average molecular weight is 469 g/mol.